The van der Waals surface area contributed by atoms with Crippen molar-refractivity contribution in [2.75, 3.05) is 32.7 Å². The van der Waals surface area contributed by atoms with Crippen LogP contribution >= 0.6 is 0 Å². The van der Waals surface area contributed by atoms with E-state index in [4.69, 9.17) is 5.73 Å². The van der Waals surface area contributed by atoms with E-state index in [-0.39, 0.29) is 12.0 Å². The number of nitrogens with two attached hydrogens (primary N) is 1. The van der Waals surface area contributed by atoms with Crippen molar-refractivity contribution in [3.63, 3.8) is 0 Å². The van der Waals surface area contributed by atoms with Crippen LogP contribution in [0.1, 0.15) is 39.5 Å². The number of carbonyl (C=O) groups excluding carboxylic acids is 1. The maximum absolute atomic E-state index is 12.5. The Morgan fingerprint density at radius 1 is 1.21 bits per heavy atom. The summed E-state index contributed by atoms with van der Waals surface area (Å²) < 4.78 is 0. The van der Waals surface area contributed by atoms with Gasteiger partial charge in [-0.15, -0.1) is 0 Å². The molecule has 0 aromatic carbocycles. The van der Waals surface area contributed by atoms with Crippen LogP contribution in [0, 0.1) is 11.8 Å². The maximum Gasteiger partial charge on any atom is 0.225 e. The molecule has 1 saturated carbocycles. The number of rotatable bonds is 3. The van der Waals surface area contributed by atoms with Gasteiger partial charge >= 0.3 is 0 Å². The van der Waals surface area contributed by atoms with Crippen molar-refractivity contribution < 1.29 is 4.79 Å². The molecule has 1 heterocycles. The Hall–Kier alpha value is -0.610. The van der Waals surface area contributed by atoms with Crippen LogP contribution in [0.5, 0.6) is 0 Å². The fraction of sp³-hybridized carbons (Fsp3) is 0.933. The second kappa shape index (κ2) is 6.71. The van der Waals surface area contributed by atoms with Gasteiger partial charge in [0.05, 0.1) is 0 Å². The first-order chi connectivity index (χ1) is 9.06. The molecule has 1 aliphatic carbocycles. The molecule has 2 atom stereocenters. The Balaban J connectivity index is 1.78. The zero-order valence-electron chi connectivity index (χ0n) is 12.5. The second-order valence-electron chi connectivity index (χ2n) is 6.64. The smallest absolute Gasteiger partial charge is 0.225 e. The average molecular weight is 267 g/mol. The van der Waals surface area contributed by atoms with E-state index in [0.29, 0.717) is 11.8 Å². The van der Waals surface area contributed by atoms with E-state index in [2.05, 4.69) is 23.6 Å². The minimum Gasteiger partial charge on any atom is -0.340 e. The molecular formula is C15H29N3O. The first-order valence-corrected chi connectivity index (χ1v) is 7.83. The molecule has 1 amide bonds. The van der Waals surface area contributed by atoms with E-state index in [1.807, 2.05) is 0 Å². The lowest BCUT2D eigenvalue weighted by molar-refractivity contribution is -0.138. The monoisotopic (exact) mass is 267 g/mol. The lowest BCUT2D eigenvalue weighted by Gasteiger charge is -2.38. The average Bonchev–Trinajstić information content (AvgIpc) is 2.38. The molecule has 1 aliphatic heterocycles. The van der Waals surface area contributed by atoms with E-state index in [1.54, 1.807) is 0 Å². The number of hydrogen-bond acceptors (Lipinski definition) is 3. The molecule has 0 aromatic rings. The molecule has 0 radical (unpaired) electrons. The lowest BCUT2D eigenvalue weighted by atomic mass is 9.85. The number of nitrogens with zero attached hydrogens (tertiary/aromatic N) is 2. The highest BCUT2D eigenvalue weighted by atomic mass is 16.2. The number of piperazine rings is 1. The van der Waals surface area contributed by atoms with Gasteiger partial charge in [-0.3, -0.25) is 9.69 Å². The van der Waals surface area contributed by atoms with Crippen LogP contribution in [0.2, 0.25) is 0 Å². The summed E-state index contributed by atoms with van der Waals surface area (Å²) in [5.41, 5.74) is 5.99. The van der Waals surface area contributed by atoms with Crippen molar-refractivity contribution in [1.29, 1.82) is 0 Å². The zero-order chi connectivity index (χ0) is 13.8. The van der Waals surface area contributed by atoms with Gasteiger partial charge in [-0.25, -0.2) is 0 Å². The molecule has 110 valence electrons. The van der Waals surface area contributed by atoms with Crippen molar-refractivity contribution in [3.8, 4) is 0 Å². The van der Waals surface area contributed by atoms with Gasteiger partial charge in [0.15, 0.2) is 0 Å². The highest BCUT2D eigenvalue weighted by Gasteiger charge is 2.30. The Morgan fingerprint density at radius 2 is 1.89 bits per heavy atom. The minimum atomic E-state index is 0.195. The first kappa shape index (κ1) is 14.8. The van der Waals surface area contributed by atoms with E-state index in [0.717, 1.165) is 58.4 Å². The molecule has 2 fully saturated rings. The molecular weight excluding hydrogens is 238 g/mol. The summed E-state index contributed by atoms with van der Waals surface area (Å²) in [4.78, 5) is 17.0. The molecule has 2 N–H and O–H groups in total. The van der Waals surface area contributed by atoms with Gasteiger partial charge in [-0.05, 0) is 25.2 Å². The molecule has 4 nitrogen and oxygen atoms in total. The molecule has 0 spiro atoms. The van der Waals surface area contributed by atoms with Gasteiger partial charge in [0.1, 0.15) is 0 Å². The standard InChI is InChI=1S/C15H29N3O/c1-12(2)11-17-6-8-18(9-7-17)15(19)13-4-3-5-14(16)10-13/h12-14H,3-11,16H2,1-2H3. The van der Waals surface area contributed by atoms with Crippen LogP contribution in [0.3, 0.4) is 0 Å². The fourth-order valence-electron chi connectivity index (χ4n) is 3.38. The largest absolute Gasteiger partial charge is 0.340 e. The normalized spacial score (nSPS) is 29.8. The molecule has 0 aromatic heterocycles. The summed E-state index contributed by atoms with van der Waals surface area (Å²) in [6.07, 6.45) is 4.14. The predicted octanol–water partition coefficient (Wildman–Crippen LogP) is 1.30. The third-order valence-corrected chi connectivity index (χ3v) is 4.37. The third-order valence-electron chi connectivity index (χ3n) is 4.37. The van der Waals surface area contributed by atoms with Crippen molar-refractivity contribution in [1.82, 2.24) is 9.80 Å². The Kier molecular flexibility index (Phi) is 5.22. The number of hydrogen-bond donors (Lipinski definition) is 1. The van der Waals surface area contributed by atoms with E-state index < -0.39 is 0 Å². The van der Waals surface area contributed by atoms with Crippen molar-refractivity contribution in [3.05, 3.63) is 0 Å². The third kappa shape index (κ3) is 4.18. The molecule has 2 aliphatic rings. The van der Waals surface area contributed by atoms with Crippen molar-refractivity contribution in [2.24, 2.45) is 17.6 Å². The summed E-state index contributed by atoms with van der Waals surface area (Å²) in [6.45, 7) is 9.51. The van der Waals surface area contributed by atoms with E-state index in [9.17, 15) is 4.79 Å². The second-order valence-corrected chi connectivity index (χ2v) is 6.64. The molecule has 0 bridgehead atoms. The van der Waals surface area contributed by atoms with Crippen LogP contribution < -0.4 is 5.73 Å². The van der Waals surface area contributed by atoms with Gasteiger partial charge in [0, 0.05) is 44.7 Å². The lowest BCUT2D eigenvalue weighted by Crippen LogP contribution is -2.51. The number of carbonyl (C=O) groups is 1. The molecule has 2 rings (SSSR count). The number of amides is 1. The minimum absolute atomic E-state index is 0.195. The predicted molar refractivity (Wildman–Crippen MR) is 77.8 cm³/mol. The Labute approximate surface area is 117 Å². The Bertz CT molecular complexity index is 298. The fourth-order valence-corrected chi connectivity index (χ4v) is 3.38. The van der Waals surface area contributed by atoms with Gasteiger partial charge in [-0.1, -0.05) is 20.3 Å². The Morgan fingerprint density at radius 3 is 2.47 bits per heavy atom. The summed E-state index contributed by atoms with van der Waals surface area (Å²) in [5.74, 6) is 1.26. The maximum atomic E-state index is 12.5. The highest BCUT2D eigenvalue weighted by Crippen LogP contribution is 2.25. The molecule has 2 unspecified atom stereocenters. The first-order valence-electron chi connectivity index (χ1n) is 7.83. The van der Waals surface area contributed by atoms with Crippen molar-refractivity contribution >= 4 is 5.91 Å². The van der Waals surface area contributed by atoms with Gasteiger partial charge in [-0.2, -0.15) is 0 Å². The van der Waals surface area contributed by atoms with Gasteiger partial charge < -0.3 is 10.6 Å². The topological polar surface area (TPSA) is 49.6 Å². The van der Waals surface area contributed by atoms with Crippen LogP contribution in [0.4, 0.5) is 0 Å². The summed E-state index contributed by atoms with van der Waals surface area (Å²) >= 11 is 0. The van der Waals surface area contributed by atoms with Crippen molar-refractivity contribution in [2.45, 2.75) is 45.6 Å². The molecule has 1 saturated heterocycles. The van der Waals surface area contributed by atoms with Crippen LogP contribution in [-0.2, 0) is 4.79 Å². The van der Waals surface area contributed by atoms with E-state index >= 15 is 0 Å². The summed E-state index contributed by atoms with van der Waals surface area (Å²) in [6, 6.07) is 0.241. The summed E-state index contributed by atoms with van der Waals surface area (Å²) in [5, 5.41) is 0. The van der Waals surface area contributed by atoms with Crippen LogP contribution in [0.15, 0.2) is 0 Å². The van der Waals surface area contributed by atoms with Crippen LogP contribution in [0.25, 0.3) is 0 Å². The SMILES string of the molecule is CC(C)CN1CCN(C(=O)C2CCCC(N)C2)CC1. The zero-order valence-corrected chi connectivity index (χ0v) is 12.5. The highest BCUT2D eigenvalue weighted by molar-refractivity contribution is 5.79. The van der Waals surface area contributed by atoms with Gasteiger partial charge in [0.25, 0.3) is 0 Å². The molecule has 19 heavy (non-hydrogen) atoms. The van der Waals surface area contributed by atoms with Crippen LogP contribution in [-0.4, -0.2) is 54.5 Å². The quantitative estimate of drug-likeness (QED) is 0.838. The van der Waals surface area contributed by atoms with E-state index in [1.165, 1.54) is 0 Å². The molecule has 4 heteroatoms. The summed E-state index contributed by atoms with van der Waals surface area (Å²) in [7, 11) is 0. The van der Waals surface area contributed by atoms with Gasteiger partial charge in [0.2, 0.25) is 5.91 Å².